The molecule has 3 rings (SSSR count). The molecular formula is C27H34IP. The maximum atomic E-state index is 2.91. The van der Waals surface area contributed by atoms with Crippen LogP contribution in [0, 0.1) is 0 Å². The van der Waals surface area contributed by atoms with E-state index in [1.165, 1.54) is 67.0 Å². The van der Waals surface area contributed by atoms with Gasteiger partial charge < -0.3 is 0 Å². The zero-order valence-corrected chi connectivity index (χ0v) is 20.7. The molecule has 154 valence electrons. The molecule has 0 saturated carbocycles. The second-order valence-corrected chi connectivity index (χ2v) is 18.8. The van der Waals surface area contributed by atoms with Crippen LogP contribution in [0.1, 0.15) is 51.9 Å². The van der Waals surface area contributed by atoms with E-state index in [-0.39, 0.29) is 0 Å². The van der Waals surface area contributed by atoms with Gasteiger partial charge in [0, 0.05) is 0 Å². The van der Waals surface area contributed by atoms with Gasteiger partial charge in [0.25, 0.3) is 0 Å². The Bertz CT molecular complexity index is 746. The van der Waals surface area contributed by atoms with Gasteiger partial charge in [0.15, 0.2) is 0 Å². The monoisotopic (exact) mass is 516 g/mol. The Kier molecular flexibility index (Phi) is 8.33. The number of rotatable bonds is 11. The Morgan fingerprint density at radius 2 is 0.862 bits per heavy atom. The second-order valence-electron chi connectivity index (χ2n) is 8.03. The van der Waals surface area contributed by atoms with Crippen molar-refractivity contribution in [3.63, 3.8) is 0 Å². The summed E-state index contributed by atoms with van der Waals surface area (Å²) in [4.78, 5) is 0. The van der Waals surface area contributed by atoms with Gasteiger partial charge in [0.2, 0.25) is 0 Å². The van der Waals surface area contributed by atoms with Crippen LogP contribution in [-0.4, -0.2) is 6.16 Å². The van der Waals surface area contributed by atoms with E-state index in [9.17, 15) is 0 Å². The van der Waals surface area contributed by atoms with Crippen LogP contribution >= 0.6 is 26.3 Å². The summed E-state index contributed by atoms with van der Waals surface area (Å²) in [5, 5.41) is 4.51. The molecule has 0 radical (unpaired) electrons. The van der Waals surface area contributed by atoms with Crippen molar-refractivity contribution in [1.29, 1.82) is 0 Å². The van der Waals surface area contributed by atoms with Crippen LogP contribution in [0.5, 0.6) is 0 Å². The van der Waals surface area contributed by atoms with Crippen molar-refractivity contribution in [2.75, 3.05) is 6.16 Å². The standard InChI is InChI=1S/C27H34IP/c1-2-3-4-5-6-7-17-24-29(28,25-18-11-8-12-19-25,26-20-13-9-14-21-26)27-22-15-10-16-23-27/h8-16,18-23H,2-7,17,24H2,1H3. The summed E-state index contributed by atoms with van der Waals surface area (Å²) in [5.74, 6) is 0. The normalized spacial score (nSPS) is 13.0. The molecule has 0 unspecified atom stereocenters. The number of halogens is 1. The summed E-state index contributed by atoms with van der Waals surface area (Å²) in [6.07, 6.45) is 10.7. The van der Waals surface area contributed by atoms with Crippen LogP contribution in [0.3, 0.4) is 0 Å². The SMILES string of the molecule is CCCCCCCCCP(I)(c1ccccc1)(c1ccccc1)c1ccccc1. The molecule has 0 N–H and O–H groups in total. The molecule has 0 aliphatic rings. The molecule has 29 heavy (non-hydrogen) atoms. The van der Waals surface area contributed by atoms with Gasteiger partial charge in [-0.1, -0.05) is 0 Å². The average Bonchev–Trinajstić information content (AvgIpc) is 2.80. The Morgan fingerprint density at radius 1 is 0.517 bits per heavy atom. The number of benzene rings is 3. The molecular weight excluding hydrogens is 482 g/mol. The summed E-state index contributed by atoms with van der Waals surface area (Å²) >= 11 is 2.91. The van der Waals surface area contributed by atoms with E-state index >= 15 is 0 Å². The Morgan fingerprint density at radius 3 is 1.24 bits per heavy atom. The Balaban J connectivity index is 2.00. The third-order valence-corrected chi connectivity index (χ3v) is 17.8. The van der Waals surface area contributed by atoms with Gasteiger partial charge in [-0.2, -0.15) is 0 Å². The number of unbranched alkanes of at least 4 members (excludes halogenated alkanes) is 6. The first kappa shape index (κ1) is 22.5. The molecule has 0 aliphatic carbocycles. The zero-order chi connectivity index (χ0) is 20.4. The van der Waals surface area contributed by atoms with Gasteiger partial charge in [-0.25, -0.2) is 0 Å². The van der Waals surface area contributed by atoms with Gasteiger partial charge in [-0.15, -0.1) is 0 Å². The first-order valence-corrected chi connectivity index (χ1v) is 16.3. The van der Waals surface area contributed by atoms with Crippen LogP contribution in [0.2, 0.25) is 0 Å². The molecule has 0 amide bonds. The first-order chi connectivity index (χ1) is 14.2. The van der Waals surface area contributed by atoms with Gasteiger partial charge in [-0.3, -0.25) is 0 Å². The van der Waals surface area contributed by atoms with E-state index < -0.39 is 4.25 Å². The predicted octanol–water partition coefficient (Wildman–Crippen LogP) is 7.62. The van der Waals surface area contributed by atoms with Crippen LogP contribution in [0.25, 0.3) is 0 Å². The van der Waals surface area contributed by atoms with Gasteiger partial charge in [0.1, 0.15) is 0 Å². The third-order valence-electron chi connectivity index (χ3n) is 6.07. The van der Waals surface area contributed by atoms with E-state index in [0.29, 0.717) is 0 Å². The van der Waals surface area contributed by atoms with Crippen molar-refractivity contribution < 1.29 is 0 Å². The minimum absolute atomic E-state index is 1.23. The fourth-order valence-electron chi connectivity index (χ4n) is 4.42. The quantitative estimate of drug-likeness (QED) is 0.140. The predicted molar refractivity (Wildman–Crippen MR) is 142 cm³/mol. The summed E-state index contributed by atoms with van der Waals surface area (Å²) in [5.41, 5.74) is 0. The van der Waals surface area contributed by atoms with Crippen molar-refractivity contribution in [1.82, 2.24) is 0 Å². The molecule has 0 fully saturated rings. The zero-order valence-electron chi connectivity index (χ0n) is 17.6. The molecule has 2 heteroatoms. The van der Waals surface area contributed by atoms with Gasteiger partial charge in [0.05, 0.1) is 0 Å². The van der Waals surface area contributed by atoms with Gasteiger partial charge in [-0.05, 0) is 0 Å². The minimum atomic E-state index is -2.54. The van der Waals surface area contributed by atoms with Crippen LogP contribution < -0.4 is 15.9 Å². The molecule has 3 aromatic carbocycles. The molecule has 0 nitrogen and oxygen atoms in total. The molecule has 3 aromatic rings. The molecule has 0 atom stereocenters. The van der Waals surface area contributed by atoms with Gasteiger partial charge >= 0.3 is 191 Å². The van der Waals surface area contributed by atoms with Crippen molar-refractivity contribution in [2.45, 2.75) is 51.9 Å². The summed E-state index contributed by atoms with van der Waals surface area (Å²) in [6.45, 7) is 2.29. The third kappa shape index (κ3) is 4.94. The average molecular weight is 516 g/mol. The Labute approximate surface area is 190 Å². The Hall–Kier alpha value is -1.18. The second kappa shape index (κ2) is 10.7. The molecule has 0 aliphatic heterocycles. The van der Waals surface area contributed by atoms with Crippen molar-refractivity contribution in [3.8, 4) is 0 Å². The topological polar surface area (TPSA) is 0 Å². The number of hydrogen-bond acceptors (Lipinski definition) is 0. The van der Waals surface area contributed by atoms with E-state index in [1.807, 2.05) is 0 Å². The van der Waals surface area contributed by atoms with E-state index in [0.717, 1.165) is 0 Å². The summed E-state index contributed by atoms with van der Waals surface area (Å²) in [7, 11) is 0. The summed E-state index contributed by atoms with van der Waals surface area (Å²) < 4.78 is -2.54. The maximum absolute atomic E-state index is 2.91. The van der Waals surface area contributed by atoms with Crippen LogP contribution in [0.15, 0.2) is 91.0 Å². The van der Waals surface area contributed by atoms with Crippen LogP contribution in [-0.2, 0) is 0 Å². The van der Waals surface area contributed by atoms with E-state index in [2.05, 4.69) is 120 Å². The van der Waals surface area contributed by atoms with Crippen molar-refractivity contribution >= 4 is 42.2 Å². The van der Waals surface area contributed by atoms with Crippen molar-refractivity contribution in [2.24, 2.45) is 0 Å². The molecule has 0 saturated heterocycles. The summed E-state index contributed by atoms with van der Waals surface area (Å²) in [6, 6.07) is 33.9. The molecule has 0 heterocycles. The van der Waals surface area contributed by atoms with E-state index in [1.54, 1.807) is 0 Å². The molecule has 0 bridgehead atoms. The first-order valence-electron chi connectivity index (χ1n) is 11.1. The van der Waals surface area contributed by atoms with Crippen molar-refractivity contribution in [3.05, 3.63) is 91.0 Å². The fraction of sp³-hybridized carbons (Fsp3) is 0.333. The fourth-order valence-corrected chi connectivity index (χ4v) is 13.2. The number of hydrogen-bond donors (Lipinski definition) is 0. The van der Waals surface area contributed by atoms with Crippen LogP contribution in [0.4, 0.5) is 0 Å². The van der Waals surface area contributed by atoms with E-state index in [4.69, 9.17) is 0 Å². The molecule has 0 aromatic heterocycles. The molecule has 0 spiro atoms.